The number of nitrogens with one attached hydrogen (secondary N) is 2. The van der Waals surface area contributed by atoms with Crippen LogP contribution in [0.4, 0.5) is 0 Å². The molecule has 0 rings (SSSR count). The average Bonchev–Trinajstić information content (AvgIpc) is 2.38. The molecule has 11 nitrogen and oxygen atoms in total. The molecular weight excluding hydrogens is 345 g/mol. The Morgan fingerprint density at radius 1 is 1.04 bits per heavy atom. The zero-order valence-corrected chi connectivity index (χ0v) is 14.4. The van der Waals surface area contributed by atoms with Crippen LogP contribution in [-0.4, -0.2) is 68.2 Å². The number of aliphatic carboxylic acids is 1. The van der Waals surface area contributed by atoms with Gasteiger partial charge >= 0.3 is 13.6 Å². The van der Waals surface area contributed by atoms with Crippen LogP contribution in [0.1, 0.15) is 20.8 Å². The number of carbonyl (C=O) groups is 3. The van der Waals surface area contributed by atoms with Crippen LogP contribution in [0.15, 0.2) is 0 Å². The Labute approximate surface area is 138 Å². The number of hydrogen-bond acceptors (Lipinski definition) is 6. The number of carboxylic acids is 1. The Hall–Kier alpha value is -1.52. The second-order valence-electron chi connectivity index (χ2n) is 5.75. The van der Waals surface area contributed by atoms with Gasteiger partial charge < -0.3 is 36.4 Å². The number of aliphatic hydroxyl groups excluding tert-OH is 1. The van der Waals surface area contributed by atoms with Crippen LogP contribution in [0.25, 0.3) is 0 Å². The fourth-order valence-electron chi connectivity index (χ4n) is 1.76. The molecule has 0 aromatic carbocycles. The van der Waals surface area contributed by atoms with Crippen LogP contribution >= 0.6 is 7.60 Å². The Bertz CT molecular complexity index is 518. The van der Waals surface area contributed by atoms with Gasteiger partial charge in [0.05, 0.1) is 18.3 Å². The van der Waals surface area contributed by atoms with Crippen molar-refractivity contribution in [2.45, 2.75) is 45.0 Å². The highest BCUT2D eigenvalue weighted by Crippen LogP contribution is 2.34. The third kappa shape index (κ3) is 7.84. The maximum atomic E-state index is 12.1. The first kappa shape index (κ1) is 22.5. The predicted octanol–water partition coefficient (Wildman–Crippen LogP) is -2.42. The molecule has 0 saturated carbocycles. The standard InChI is InChI=1S/C12H24N3O8P/c1-5(2)8(12(19)20)14-11(18)9(6(3)16)15-10(17)7(13)4-24(21,22)23/h5-9,16H,4,13H2,1-3H3,(H,14,18)(H,15,17)(H,19,20)(H2,21,22,23)/t6-,7+,8+,9+/m1/s1. The van der Waals surface area contributed by atoms with E-state index in [4.69, 9.17) is 20.6 Å². The summed E-state index contributed by atoms with van der Waals surface area (Å²) in [7, 11) is -4.54. The van der Waals surface area contributed by atoms with Crippen molar-refractivity contribution in [2.75, 3.05) is 6.16 Å². The van der Waals surface area contributed by atoms with Crippen LogP contribution in [0.3, 0.4) is 0 Å². The lowest BCUT2D eigenvalue weighted by Gasteiger charge is -2.25. The molecule has 4 atom stereocenters. The third-order valence-corrected chi connectivity index (χ3v) is 3.93. The molecule has 140 valence electrons. The molecule has 24 heavy (non-hydrogen) atoms. The van der Waals surface area contributed by atoms with Gasteiger partial charge in [-0.25, -0.2) is 4.79 Å². The fourth-order valence-corrected chi connectivity index (χ4v) is 2.44. The molecule has 0 aromatic rings. The summed E-state index contributed by atoms with van der Waals surface area (Å²) in [5.41, 5.74) is 5.34. The van der Waals surface area contributed by atoms with Gasteiger partial charge in [0.25, 0.3) is 0 Å². The summed E-state index contributed by atoms with van der Waals surface area (Å²) in [6.45, 7) is 4.31. The summed E-state index contributed by atoms with van der Waals surface area (Å²) in [6, 6.07) is -4.36. The normalized spacial score (nSPS) is 16.8. The van der Waals surface area contributed by atoms with E-state index in [-0.39, 0.29) is 0 Å². The molecule has 0 aliphatic carbocycles. The summed E-state index contributed by atoms with van der Waals surface area (Å²) in [6.07, 6.45) is -2.32. The number of rotatable bonds is 9. The summed E-state index contributed by atoms with van der Waals surface area (Å²) in [5.74, 6) is -3.75. The molecule has 0 aromatic heterocycles. The zero-order valence-electron chi connectivity index (χ0n) is 13.5. The molecule has 2 amide bonds. The summed E-state index contributed by atoms with van der Waals surface area (Å²) in [4.78, 5) is 52.6. The third-order valence-electron chi connectivity index (χ3n) is 3.06. The first-order valence-corrected chi connectivity index (χ1v) is 8.87. The van der Waals surface area contributed by atoms with Crippen molar-refractivity contribution in [2.24, 2.45) is 11.7 Å². The molecule has 0 heterocycles. The number of carbonyl (C=O) groups excluding carboxylic acids is 2. The van der Waals surface area contributed by atoms with E-state index in [1.54, 1.807) is 13.8 Å². The van der Waals surface area contributed by atoms with E-state index in [1.165, 1.54) is 6.92 Å². The molecule has 0 bridgehead atoms. The van der Waals surface area contributed by atoms with E-state index in [9.17, 15) is 24.1 Å². The Morgan fingerprint density at radius 2 is 1.50 bits per heavy atom. The molecule has 0 radical (unpaired) electrons. The average molecular weight is 369 g/mol. The SMILES string of the molecule is CC(C)[C@H](NC(=O)[C@@H](NC(=O)[C@@H](N)CP(=O)(O)O)[C@@H](C)O)C(=O)O. The largest absolute Gasteiger partial charge is 0.480 e. The lowest BCUT2D eigenvalue weighted by Crippen LogP contribution is -2.59. The van der Waals surface area contributed by atoms with Gasteiger partial charge in [0.1, 0.15) is 12.1 Å². The number of aliphatic hydroxyl groups is 1. The van der Waals surface area contributed by atoms with E-state index >= 15 is 0 Å². The van der Waals surface area contributed by atoms with Crippen LogP contribution in [0.5, 0.6) is 0 Å². The van der Waals surface area contributed by atoms with Gasteiger partial charge in [-0.2, -0.15) is 0 Å². The minimum atomic E-state index is -4.54. The van der Waals surface area contributed by atoms with Crippen LogP contribution in [0.2, 0.25) is 0 Å². The highest BCUT2D eigenvalue weighted by Gasteiger charge is 2.33. The van der Waals surface area contributed by atoms with Gasteiger partial charge in [-0.3, -0.25) is 14.2 Å². The first-order valence-electron chi connectivity index (χ1n) is 7.08. The van der Waals surface area contributed by atoms with Crippen molar-refractivity contribution in [3.63, 3.8) is 0 Å². The highest BCUT2D eigenvalue weighted by atomic mass is 31.2. The summed E-state index contributed by atoms with van der Waals surface area (Å²) >= 11 is 0. The second kappa shape index (κ2) is 9.09. The van der Waals surface area contributed by atoms with Gasteiger partial charge in [0, 0.05) is 0 Å². The Kier molecular flexibility index (Phi) is 8.52. The van der Waals surface area contributed by atoms with Crippen LogP contribution < -0.4 is 16.4 Å². The number of amides is 2. The van der Waals surface area contributed by atoms with Gasteiger partial charge in [-0.15, -0.1) is 0 Å². The lowest BCUT2D eigenvalue weighted by molar-refractivity contribution is -0.144. The van der Waals surface area contributed by atoms with Crippen molar-refractivity contribution < 1.29 is 38.9 Å². The molecule has 0 saturated heterocycles. The molecule has 0 fully saturated rings. The summed E-state index contributed by atoms with van der Waals surface area (Å²) in [5, 5.41) is 22.9. The van der Waals surface area contributed by atoms with Gasteiger partial charge in [-0.1, -0.05) is 13.8 Å². The van der Waals surface area contributed by atoms with Gasteiger partial charge in [-0.05, 0) is 12.8 Å². The van der Waals surface area contributed by atoms with Crippen molar-refractivity contribution in [1.29, 1.82) is 0 Å². The predicted molar refractivity (Wildman–Crippen MR) is 82.9 cm³/mol. The Morgan fingerprint density at radius 3 is 1.83 bits per heavy atom. The van der Waals surface area contributed by atoms with E-state index in [2.05, 4.69) is 10.6 Å². The van der Waals surface area contributed by atoms with Crippen LogP contribution in [-0.2, 0) is 18.9 Å². The molecule has 12 heteroatoms. The monoisotopic (exact) mass is 369 g/mol. The lowest BCUT2D eigenvalue weighted by atomic mass is 10.0. The smallest absolute Gasteiger partial charge is 0.327 e. The van der Waals surface area contributed by atoms with E-state index in [1.807, 2.05) is 0 Å². The van der Waals surface area contributed by atoms with E-state index in [0.717, 1.165) is 0 Å². The van der Waals surface area contributed by atoms with Crippen molar-refractivity contribution in [3.8, 4) is 0 Å². The van der Waals surface area contributed by atoms with Crippen molar-refractivity contribution >= 4 is 25.4 Å². The molecule has 8 N–H and O–H groups in total. The summed E-state index contributed by atoms with van der Waals surface area (Å²) < 4.78 is 10.8. The minimum absolute atomic E-state index is 0.450. The zero-order chi connectivity index (χ0) is 19.2. The fraction of sp³-hybridized carbons (Fsp3) is 0.750. The topological polar surface area (TPSA) is 199 Å². The number of carboxylic acid groups (broad SMARTS) is 1. The van der Waals surface area contributed by atoms with Crippen molar-refractivity contribution in [3.05, 3.63) is 0 Å². The van der Waals surface area contributed by atoms with Crippen molar-refractivity contribution in [1.82, 2.24) is 10.6 Å². The van der Waals surface area contributed by atoms with E-state index in [0.29, 0.717) is 0 Å². The van der Waals surface area contributed by atoms with Gasteiger partial charge in [0.15, 0.2) is 0 Å². The Balaban J connectivity index is 5.04. The van der Waals surface area contributed by atoms with E-state index < -0.39 is 61.7 Å². The molecule has 0 spiro atoms. The number of nitrogens with two attached hydrogens (primary N) is 1. The number of hydrogen-bond donors (Lipinski definition) is 7. The quantitative estimate of drug-likeness (QED) is 0.216. The van der Waals surface area contributed by atoms with Gasteiger partial charge in [0.2, 0.25) is 11.8 Å². The second-order valence-corrected chi connectivity index (χ2v) is 7.44. The van der Waals surface area contributed by atoms with Crippen LogP contribution in [0, 0.1) is 5.92 Å². The molecule has 0 aliphatic heterocycles. The maximum Gasteiger partial charge on any atom is 0.327 e. The maximum absolute atomic E-state index is 12.1. The molecule has 0 aliphatic rings. The first-order chi connectivity index (χ1) is 10.8. The molecular formula is C12H24N3O8P. The molecule has 0 unspecified atom stereocenters. The minimum Gasteiger partial charge on any atom is -0.480 e. The highest BCUT2D eigenvalue weighted by molar-refractivity contribution is 7.51.